The number of aromatic nitrogens is 3. The van der Waals surface area contributed by atoms with E-state index in [9.17, 15) is 0 Å². The SMILES string of the molecule is Clc1nc(-c2ccccc2-c2ccccc2)nc(-c2cccc3c2oc2ccccc23)n1. The lowest BCUT2D eigenvalue weighted by Crippen LogP contribution is -1.98. The molecular formula is C27H16ClN3O. The van der Waals surface area contributed by atoms with Crippen molar-refractivity contribution in [1.82, 2.24) is 15.0 Å². The van der Waals surface area contributed by atoms with Gasteiger partial charge in [0.05, 0.1) is 5.56 Å². The number of hydrogen-bond donors (Lipinski definition) is 0. The Labute approximate surface area is 189 Å². The van der Waals surface area contributed by atoms with Crippen LogP contribution in [0.4, 0.5) is 0 Å². The van der Waals surface area contributed by atoms with Crippen molar-refractivity contribution in [3.8, 4) is 33.9 Å². The third-order valence-electron chi connectivity index (χ3n) is 5.51. The van der Waals surface area contributed by atoms with Crippen molar-refractivity contribution in [2.24, 2.45) is 0 Å². The van der Waals surface area contributed by atoms with E-state index >= 15 is 0 Å². The van der Waals surface area contributed by atoms with Crippen molar-refractivity contribution in [1.29, 1.82) is 0 Å². The molecule has 32 heavy (non-hydrogen) atoms. The fourth-order valence-corrected chi connectivity index (χ4v) is 4.22. The van der Waals surface area contributed by atoms with Crippen LogP contribution < -0.4 is 0 Å². The van der Waals surface area contributed by atoms with Gasteiger partial charge < -0.3 is 4.42 Å². The first-order valence-electron chi connectivity index (χ1n) is 10.2. The van der Waals surface area contributed by atoms with Crippen LogP contribution in [0.15, 0.2) is 101 Å². The third-order valence-corrected chi connectivity index (χ3v) is 5.68. The van der Waals surface area contributed by atoms with Gasteiger partial charge in [0.1, 0.15) is 11.2 Å². The summed E-state index contributed by atoms with van der Waals surface area (Å²) in [5.41, 5.74) is 5.34. The van der Waals surface area contributed by atoms with Crippen LogP contribution in [0.25, 0.3) is 55.8 Å². The molecule has 0 radical (unpaired) electrons. The number of fused-ring (bicyclic) bond motifs is 3. The standard InChI is InChI=1S/C27H16ClN3O/c28-27-30-25(21-13-5-4-11-18(21)17-9-2-1-3-10-17)29-26(31-27)22-15-8-14-20-19-12-6-7-16-23(19)32-24(20)22/h1-16H. The van der Waals surface area contributed by atoms with Crippen LogP contribution in [-0.2, 0) is 0 Å². The maximum atomic E-state index is 6.39. The zero-order valence-corrected chi connectivity index (χ0v) is 17.6. The Morgan fingerprint density at radius 3 is 2.00 bits per heavy atom. The molecule has 0 saturated carbocycles. The zero-order valence-electron chi connectivity index (χ0n) is 16.9. The third kappa shape index (κ3) is 3.13. The van der Waals surface area contributed by atoms with E-state index in [0.717, 1.165) is 44.2 Å². The van der Waals surface area contributed by atoms with Gasteiger partial charge >= 0.3 is 0 Å². The second-order valence-corrected chi connectivity index (χ2v) is 7.78. The molecule has 0 saturated heterocycles. The fourth-order valence-electron chi connectivity index (χ4n) is 4.06. The number of benzene rings is 4. The normalized spacial score (nSPS) is 11.3. The van der Waals surface area contributed by atoms with Crippen LogP contribution in [-0.4, -0.2) is 15.0 Å². The molecule has 0 atom stereocenters. The molecule has 2 heterocycles. The highest BCUT2D eigenvalue weighted by Crippen LogP contribution is 2.36. The van der Waals surface area contributed by atoms with Crippen molar-refractivity contribution in [3.63, 3.8) is 0 Å². The Morgan fingerprint density at radius 2 is 1.16 bits per heavy atom. The van der Waals surface area contributed by atoms with Crippen molar-refractivity contribution >= 4 is 33.5 Å². The van der Waals surface area contributed by atoms with Crippen LogP contribution in [0.2, 0.25) is 5.28 Å². The van der Waals surface area contributed by atoms with Gasteiger partial charge in [0, 0.05) is 16.3 Å². The van der Waals surface area contributed by atoms with Gasteiger partial charge in [-0.05, 0) is 34.9 Å². The van der Waals surface area contributed by atoms with Gasteiger partial charge in [0.25, 0.3) is 0 Å². The van der Waals surface area contributed by atoms with Gasteiger partial charge in [-0.15, -0.1) is 0 Å². The molecule has 0 N–H and O–H groups in total. The fraction of sp³-hybridized carbons (Fsp3) is 0. The summed E-state index contributed by atoms with van der Waals surface area (Å²) in [6.45, 7) is 0. The second kappa shape index (κ2) is 7.59. The van der Waals surface area contributed by atoms with E-state index in [1.54, 1.807) is 0 Å². The van der Waals surface area contributed by atoms with Gasteiger partial charge in [-0.25, -0.2) is 4.98 Å². The van der Waals surface area contributed by atoms with E-state index < -0.39 is 0 Å². The lowest BCUT2D eigenvalue weighted by Gasteiger charge is -2.10. The summed E-state index contributed by atoms with van der Waals surface area (Å²) in [4.78, 5) is 13.7. The highest BCUT2D eigenvalue weighted by atomic mass is 35.5. The van der Waals surface area contributed by atoms with Crippen LogP contribution in [0.3, 0.4) is 0 Å². The van der Waals surface area contributed by atoms with E-state index in [0.29, 0.717) is 11.6 Å². The average molecular weight is 434 g/mol. The Bertz CT molecular complexity index is 1590. The highest BCUT2D eigenvalue weighted by molar-refractivity contribution is 6.28. The topological polar surface area (TPSA) is 51.8 Å². The molecule has 0 aliphatic heterocycles. The largest absolute Gasteiger partial charge is 0.455 e. The summed E-state index contributed by atoms with van der Waals surface area (Å²) in [7, 11) is 0. The summed E-state index contributed by atoms with van der Waals surface area (Å²) in [6.07, 6.45) is 0. The smallest absolute Gasteiger partial charge is 0.226 e. The molecule has 0 aliphatic carbocycles. The average Bonchev–Trinajstić information content (AvgIpc) is 3.23. The van der Waals surface area contributed by atoms with E-state index in [-0.39, 0.29) is 5.28 Å². The number of furan rings is 1. The summed E-state index contributed by atoms with van der Waals surface area (Å²) >= 11 is 6.39. The monoisotopic (exact) mass is 433 g/mol. The maximum absolute atomic E-state index is 6.39. The maximum Gasteiger partial charge on any atom is 0.226 e. The Morgan fingerprint density at radius 1 is 0.531 bits per heavy atom. The summed E-state index contributed by atoms with van der Waals surface area (Å²) < 4.78 is 6.17. The molecule has 4 aromatic carbocycles. The molecule has 0 aliphatic rings. The van der Waals surface area contributed by atoms with Crippen molar-refractivity contribution in [2.75, 3.05) is 0 Å². The van der Waals surface area contributed by atoms with Gasteiger partial charge in [0.2, 0.25) is 5.28 Å². The predicted molar refractivity (Wildman–Crippen MR) is 128 cm³/mol. The molecule has 6 aromatic rings. The Kier molecular flexibility index (Phi) is 4.44. The lowest BCUT2D eigenvalue weighted by molar-refractivity contribution is 0.669. The molecule has 4 nitrogen and oxygen atoms in total. The molecule has 5 heteroatoms. The number of hydrogen-bond acceptors (Lipinski definition) is 4. The van der Waals surface area contributed by atoms with Gasteiger partial charge in [-0.3, -0.25) is 0 Å². The van der Waals surface area contributed by atoms with Crippen molar-refractivity contribution < 1.29 is 4.42 Å². The van der Waals surface area contributed by atoms with E-state index in [1.807, 2.05) is 78.9 Å². The van der Waals surface area contributed by atoms with Crippen molar-refractivity contribution in [3.05, 3.63) is 102 Å². The molecule has 6 rings (SSSR count). The van der Waals surface area contributed by atoms with Crippen molar-refractivity contribution in [2.45, 2.75) is 0 Å². The molecule has 0 bridgehead atoms. The minimum atomic E-state index is 0.140. The number of rotatable bonds is 3. The Hall–Kier alpha value is -4.02. The molecule has 0 fully saturated rings. The summed E-state index contributed by atoms with van der Waals surface area (Å²) in [5, 5.41) is 2.21. The molecular weight excluding hydrogens is 418 g/mol. The molecule has 152 valence electrons. The first-order valence-corrected chi connectivity index (χ1v) is 10.6. The van der Waals surface area contributed by atoms with Gasteiger partial charge in [-0.2, -0.15) is 9.97 Å². The minimum Gasteiger partial charge on any atom is -0.455 e. The van der Waals surface area contributed by atoms with E-state index in [2.05, 4.69) is 28.2 Å². The zero-order chi connectivity index (χ0) is 21.5. The molecule has 2 aromatic heterocycles. The molecule has 0 unspecified atom stereocenters. The van der Waals surface area contributed by atoms with Crippen LogP contribution in [0.5, 0.6) is 0 Å². The number of halogens is 1. The number of para-hydroxylation sites is 2. The highest BCUT2D eigenvalue weighted by Gasteiger charge is 2.17. The Balaban J connectivity index is 1.57. The molecule has 0 amide bonds. The summed E-state index contributed by atoms with van der Waals surface area (Å²) in [6, 6.07) is 32.1. The van der Waals surface area contributed by atoms with Crippen LogP contribution in [0, 0.1) is 0 Å². The van der Waals surface area contributed by atoms with E-state index in [4.69, 9.17) is 21.0 Å². The van der Waals surface area contributed by atoms with E-state index in [1.165, 1.54) is 0 Å². The molecule has 0 spiro atoms. The first-order chi connectivity index (χ1) is 15.8. The van der Waals surface area contributed by atoms with Crippen LogP contribution in [0.1, 0.15) is 0 Å². The minimum absolute atomic E-state index is 0.140. The first kappa shape index (κ1) is 18.7. The summed E-state index contributed by atoms with van der Waals surface area (Å²) in [5.74, 6) is 1.00. The van der Waals surface area contributed by atoms with Gasteiger partial charge in [-0.1, -0.05) is 84.9 Å². The number of nitrogens with zero attached hydrogens (tertiary/aromatic N) is 3. The predicted octanol–water partition coefficient (Wildman–Crippen LogP) is 7.43. The van der Waals surface area contributed by atoms with Crippen LogP contribution >= 0.6 is 11.6 Å². The lowest BCUT2D eigenvalue weighted by atomic mass is 9.99. The second-order valence-electron chi connectivity index (χ2n) is 7.44. The quantitative estimate of drug-likeness (QED) is 0.291. The van der Waals surface area contributed by atoms with Gasteiger partial charge in [0.15, 0.2) is 11.6 Å².